The molecule has 31 heavy (non-hydrogen) atoms. The Hall–Kier alpha value is -1.93. The van der Waals surface area contributed by atoms with Gasteiger partial charge < -0.3 is 5.32 Å². The maximum absolute atomic E-state index is 12.9. The molecule has 0 saturated carbocycles. The molecule has 2 aromatic carbocycles. The highest BCUT2D eigenvalue weighted by atomic mass is 35.5. The molecule has 0 aliphatic carbocycles. The molecule has 2 aliphatic heterocycles. The van der Waals surface area contributed by atoms with Crippen LogP contribution < -0.4 is 5.32 Å². The maximum atomic E-state index is 12.9. The first-order valence-electron chi connectivity index (χ1n) is 10.8. The van der Waals surface area contributed by atoms with Crippen molar-refractivity contribution >= 4 is 27.5 Å². The van der Waals surface area contributed by atoms with Gasteiger partial charge in [-0.3, -0.25) is 9.69 Å². The number of hydrogen-bond acceptors (Lipinski definition) is 4. The average Bonchev–Trinajstić information content (AvgIpc) is 3.48. The van der Waals surface area contributed by atoms with Crippen molar-refractivity contribution in [2.24, 2.45) is 0 Å². The minimum absolute atomic E-state index is 0.00465. The van der Waals surface area contributed by atoms with E-state index in [0.717, 1.165) is 38.0 Å². The predicted octanol–water partition coefficient (Wildman–Crippen LogP) is 3.65. The lowest BCUT2D eigenvalue weighted by atomic mass is 10.1. The normalized spacial score (nSPS) is 17.8. The molecule has 8 heteroatoms. The number of nitrogens with zero attached hydrogens (tertiary/aromatic N) is 2. The summed E-state index contributed by atoms with van der Waals surface area (Å²) in [7, 11) is -3.69. The first-order valence-corrected chi connectivity index (χ1v) is 12.6. The van der Waals surface area contributed by atoms with E-state index >= 15 is 0 Å². The number of sulfonamides is 1. The molecule has 0 unspecified atom stereocenters. The summed E-state index contributed by atoms with van der Waals surface area (Å²) in [6.07, 6.45) is 4.23. The van der Waals surface area contributed by atoms with E-state index in [2.05, 4.69) is 22.3 Å². The smallest absolute Gasteiger partial charge is 0.251 e. The van der Waals surface area contributed by atoms with Crippen molar-refractivity contribution in [3.8, 4) is 0 Å². The fourth-order valence-electron chi connectivity index (χ4n) is 4.16. The van der Waals surface area contributed by atoms with Crippen LogP contribution in [0.5, 0.6) is 0 Å². The third-order valence-corrected chi connectivity index (χ3v) is 8.34. The van der Waals surface area contributed by atoms with Crippen LogP contribution in [-0.4, -0.2) is 49.7 Å². The van der Waals surface area contributed by atoms with E-state index in [0.29, 0.717) is 19.6 Å². The van der Waals surface area contributed by atoms with Crippen LogP contribution >= 0.6 is 11.6 Å². The van der Waals surface area contributed by atoms with Crippen LogP contribution in [0, 0.1) is 0 Å². The zero-order chi connectivity index (χ0) is 21.8. The second-order valence-electron chi connectivity index (χ2n) is 8.24. The summed E-state index contributed by atoms with van der Waals surface area (Å²) in [5.74, 6) is -0.323. The van der Waals surface area contributed by atoms with Crippen LogP contribution in [0.15, 0.2) is 47.4 Å². The van der Waals surface area contributed by atoms with Crippen molar-refractivity contribution in [3.05, 3.63) is 64.2 Å². The van der Waals surface area contributed by atoms with Gasteiger partial charge in [0, 0.05) is 31.7 Å². The Morgan fingerprint density at radius 3 is 2.19 bits per heavy atom. The molecule has 166 valence electrons. The van der Waals surface area contributed by atoms with E-state index < -0.39 is 10.0 Å². The third kappa shape index (κ3) is 5.29. The first-order chi connectivity index (χ1) is 14.9. The number of nitrogens with one attached hydrogen (secondary N) is 1. The van der Waals surface area contributed by atoms with Crippen molar-refractivity contribution in [3.63, 3.8) is 0 Å². The van der Waals surface area contributed by atoms with Gasteiger partial charge in [-0.15, -0.1) is 0 Å². The van der Waals surface area contributed by atoms with Crippen molar-refractivity contribution < 1.29 is 13.2 Å². The minimum Gasteiger partial charge on any atom is -0.348 e. The quantitative estimate of drug-likeness (QED) is 0.683. The number of rotatable bonds is 7. The van der Waals surface area contributed by atoms with E-state index in [1.165, 1.54) is 34.8 Å². The van der Waals surface area contributed by atoms with Gasteiger partial charge in [0.25, 0.3) is 5.91 Å². The highest BCUT2D eigenvalue weighted by Crippen LogP contribution is 2.28. The fraction of sp³-hybridized carbons (Fsp3) is 0.435. The lowest BCUT2D eigenvalue weighted by Gasteiger charge is -2.17. The Kier molecular flexibility index (Phi) is 6.96. The molecule has 2 aliphatic rings. The van der Waals surface area contributed by atoms with Gasteiger partial charge in [-0.2, -0.15) is 4.31 Å². The monoisotopic (exact) mass is 461 g/mol. The van der Waals surface area contributed by atoms with Crippen LogP contribution in [0.1, 0.15) is 47.2 Å². The number of hydrogen-bond donors (Lipinski definition) is 1. The minimum atomic E-state index is -3.69. The number of carbonyl (C=O) groups excluding carboxylic acids is 1. The lowest BCUT2D eigenvalue weighted by molar-refractivity contribution is 0.0950. The van der Waals surface area contributed by atoms with E-state index in [1.54, 1.807) is 6.07 Å². The molecule has 2 saturated heterocycles. The van der Waals surface area contributed by atoms with Gasteiger partial charge in [-0.1, -0.05) is 35.9 Å². The second-order valence-corrected chi connectivity index (χ2v) is 10.6. The average molecular weight is 462 g/mol. The van der Waals surface area contributed by atoms with E-state index in [-0.39, 0.29) is 21.4 Å². The largest absolute Gasteiger partial charge is 0.348 e. The first kappa shape index (κ1) is 22.3. The van der Waals surface area contributed by atoms with Crippen LogP contribution in [0.3, 0.4) is 0 Å². The predicted molar refractivity (Wildman–Crippen MR) is 122 cm³/mol. The molecular weight excluding hydrogens is 434 g/mol. The summed E-state index contributed by atoms with van der Waals surface area (Å²) < 4.78 is 27.2. The number of halogens is 1. The van der Waals surface area contributed by atoms with Gasteiger partial charge in [0.15, 0.2) is 0 Å². The van der Waals surface area contributed by atoms with Crippen molar-refractivity contribution in [2.45, 2.75) is 43.7 Å². The van der Waals surface area contributed by atoms with Gasteiger partial charge >= 0.3 is 0 Å². The molecule has 2 aromatic rings. The molecule has 0 atom stereocenters. The van der Waals surface area contributed by atoms with Gasteiger partial charge in [-0.05, 0) is 68.1 Å². The second kappa shape index (κ2) is 9.69. The fourth-order valence-corrected chi connectivity index (χ4v) is 6.17. The molecule has 0 spiro atoms. The molecule has 1 N–H and O–H groups in total. The van der Waals surface area contributed by atoms with Gasteiger partial charge in [0.2, 0.25) is 10.0 Å². The highest BCUT2D eigenvalue weighted by Gasteiger charge is 2.29. The molecule has 2 heterocycles. The molecule has 0 bridgehead atoms. The summed E-state index contributed by atoms with van der Waals surface area (Å²) in [6.45, 7) is 4.64. The van der Waals surface area contributed by atoms with Gasteiger partial charge in [0.1, 0.15) is 4.90 Å². The third-order valence-electron chi connectivity index (χ3n) is 5.96. The Bertz CT molecular complexity index is 1030. The molecule has 0 radical (unpaired) electrons. The Morgan fingerprint density at radius 2 is 1.52 bits per heavy atom. The van der Waals surface area contributed by atoms with E-state index in [4.69, 9.17) is 11.6 Å². The number of amides is 1. The summed E-state index contributed by atoms with van der Waals surface area (Å²) in [5.41, 5.74) is 2.55. The zero-order valence-corrected chi connectivity index (χ0v) is 19.1. The molecular formula is C23H28ClN3O3S. The number of likely N-dealkylation sites (tertiary alicyclic amines) is 1. The molecule has 2 fully saturated rings. The topological polar surface area (TPSA) is 69.7 Å². The van der Waals surface area contributed by atoms with Crippen LogP contribution in [0.25, 0.3) is 0 Å². The summed E-state index contributed by atoms with van der Waals surface area (Å²) >= 11 is 6.17. The van der Waals surface area contributed by atoms with Crippen molar-refractivity contribution in [2.75, 3.05) is 26.2 Å². The molecule has 6 nitrogen and oxygen atoms in total. The molecule has 4 rings (SSSR count). The van der Waals surface area contributed by atoms with Gasteiger partial charge in [0.05, 0.1) is 5.02 Å². The van der Waals surface area contributed by atoms with Crippen LogP contribution in [0.2, 0.25) is 5.02 Å². The number of benzene rings is 2. The zero-order valence-electron chi connectivity index (χ0n) is 17.5. The molecule has 0 aromatic heterocycles. The van der Waals surface area contributed by atoms with E-state index in [9.17, 15) is 13.2 Å². The van der Waals surface area contributed by atoms with Crippen molar-refractivity contribution in [1.29, 1.82) is 0 Å². The maximum Gasteiger partial charge on any atom is 0.251 e. The van der Waals surface area contributed by atoms with Gasteiger partial charge in [-0.25, -0.2) is 8.42 Å². The summed E-state index contributed by atoms with van der Waals surface area (Å²) in [6, 6.07) is 12.7. The lowest BCUT2D eigenvalue weighted by Crippen LogP contribution is -2.29. The Morgan fingerprint density at radius 1 is 0.903 bits per heavy atom. The van der Waals surface area contributed by atoms with Crippen LogP contribution in [0.4, 0.5) is 0 Å². The molecule has 1 amide bonds. The Balaban J connectivity index is 1.39. The summed E-state index contributed by atoms with van der Waals surface area (Å²) in [5, 5.41) is 3.01. The number of carbonyl (C=O) groups is 1. The summed E-state index contributed by atoms with van der Waals surface area (Å²) in [4.78, 5) is 15.1. The Labute approximate surface area is 189 Å². The SMILES string of the molecule is O=C(NCc1ccc(CN2CCCC2)cc1)c1ccc(Cl)c(S(=O)(=O)N2CCCC2)c1. The highest BCUT2D eigenvalue weighted by molar-refractivity contribution is 7.89. The van der Waals surface area contributed by atoms with E-state index in [1.807, 2.05) is 12.1 Å². The van der Waals surface area contributed by atoms with Crippen molar-refractivity contribution in [1.82, 2.24) is 14.5 Å². The van der Waals surface area contributed by atoms with Crippen LogP contribution in [-0.2, 0) is 23.1 Å². The standard InChI is InChI=1S/C23H28ClN3O3S/c24-21-10-9-20(15-22(21)31(29,30)27-13-3-4-14-27)23(28)25-16-18-5-7-19(8-6-18)17-26-11-1-2-12-26/h5-10,15H,1-4,11-14,16-17H2,(H,25,28).